The number of cyclic esters (lactones) is 1. The Labute approximate surface area is 343 Å². The summed E-state index contributed by atoms with van der Waals surface area (Å²) in [6.07, 6.45) is -3.97. The summed E-state index contributed by atoms with van der Waals surface area (Å²) in [6.45, 7) is 13.7. The number of aldehydes is 1. The summed E-state index contributed by atoms with van der Waals surface area (Å²) in [5.41, 5.74) is -1.50. The predicted octanol–water partition coefficient (Wildman–Crippen LogP) is 3.01. The monoisotopic (exact) mass is 827 g/mol. The van der Waals surface area contributed by atoms with Crippen LogP contribution in [0.5, 0.6) is 0 Å². The molecule has 3 aliphatic heterocycles. The van der Waals surface area contributed by atoms with Crippen LogP contribution in [0.25, 0.3) is 0 Å². The van der Waals surface area contributed by atoms with Gasteiger partial charge in [0, 0.05) is 39.7 Å². The van der Waals surface area contributed by atoms with Gasteiger partial charge < -0.3 is 62.9 Å². The van der Waals surface area contributed by atoms with Crippen LogP contribution in [0.3, 0.4) is 0 Å². The van der Waals surface area contributed by atoms with Crippen molar-refractivity contribution < 1.29 is 72.4 Å². The highest BCUT2D eigenvalue weighted by atomic mass is 16.7. The number of ether oxygens (including phenoxy) is 8. The first-order chi connectivity index (χ1) is 27.2. The second kappa shape index (κ2) is 22.7. The van der Waals surface area contributed by atoms with Gasteiger partial charge in [-0.05, 0) is 72.0 Å². The molecular weight excluding hydrogens is 758 g/mol. The van der Waals surface area contributed by atoms with Gasteiger partial charge in [0.25, 0.3) is 0 Å². The van der Waals surface area contributed by atoms with Crippen molar-refractivity contribution in [3.05, 3.63) is 24.3 Å². The summed E-state index contributed by atoms with van der Waals surface area (Å²) in [6, 6.07) is -0.775. The Kier molecular flexibility index (Phi) is 19.4. The molecule has 3 rings (SSSR count). The lowest BCUT2D eigenvalue weighted by Crippen LogP contribution is -2.66. The number of aliphatic hydroxyl groups excluding tert-OH is 2. The number of hydrogen-bond acceptors (Lipinski definition) is 16. The van der Waals surface area contributed by atoms with Gasteiger partial charge in [0.05, 0.1) is 36.9 Å². The Morgan fingerprint density at radius 1 is 1.02 bits per heavy atom. The zero-order valence-electron chi connectivity index (χ0n) is 36.1. The molecule has 0 unspecified atom stereocenters. The molecular formula is C42H69NO15. The molecule has 3 aliphatic rings. The van der Waals surface area contributed by atoms with Crippen molar-refractivity contribution in [1.29, 1.82) is 0 Å². The van der Waals surface area contributed by atoms with Gasteiger partial charge in [-0.3, -0.25) is 14.4 Å². The third-order valence-electron chi connectivity index (χ3n) is 10.9. The molecule has 0 amide bonds. The third-order valence-corrected chi connectivity index (χ3v) is 10.9. The Morgan fingerprint density at radius 2 is 1.71 bits per heavy atom. The number of rotatable bonds is 12. The fourth-order valence-corrected chi connectivity index (χ4v) is 8.11. The SMILES string of the molecule is CO[C@@H]1[C@@H](O[C@@H]2O[C@H](C)[C@@H](O[C@H]3C[C@@](C)(O)[C@@H](OC(=O)CC(C)C)[C@H](C)O3)[C@H](N(C)C)[C@H]2O)[C@@H](CC=O)C[C@@H](C)[C@@H](OC(C)=O)/C=C/C=C/C[C@@H](C)OC(=O)C[C@H]1O. The van der Waals surface area contributed by atoms with Crippen molar-refractivity contribution in [3.8, 4) is 0 Å². The lowest BCUT2D eigenvalue weighted by Gasteiger charge is -2.50. The van der Waals surface area contributed by atoms with Crippen molar-refractivity contribution in [1.82, 2.24) is 4.90 Å². The highest BCUT2D eigenvalue weighted by molar-refractivity contribution is 5.70. The van der Waals surface area contributed by atoms with Crippen molar-refractivity contribution >= 4 is 24.2 Å². The number of methoxy groups -OCH3 is 1. The van der Waals surface area contributed by atoms with Crippen LogP contribution in [0.4, 0.5) is 0 Å². The van der Waals surface area contributed by atoms with E-state index in [2.05, 4.69) is 0 Å². The van der Waals surface area contributed by atoms with E-state index in [4.69, 9.17) is 37.9 Å². The zero-order chi connectivity index (χ0) is 43.5. The average molecular weight is 828 g/mol. The fourth-order valence-electron chi connectivity index (χ4n) is 8.11. The standard InChI is InChI=1S/C42H69NO15/c1-23(2)19-32(47)56-40-27(6)53-34(22-42(40,8)50)57-37-26(5)54-41(36(49)35(37)43(9)10)58-38-29(17-18-44)20-24(3)31(55-28(7)45)16-14-12-13-15-25(4)52-33(48)21-30(46)39(38)51-11/h12-14,16,18,23-27,29-31,34-41,46,49-50H,15,17,19-22H2,1-11H3/b13-12+,16-14+/t24-,25-,26-,27+,29+,30-,31+,34+,35-,36-,37-,38+,39+,40+,41+,42-/m1/s1. The molecule has 0 saturated carbocycles. The fraction of sp³-hybridized carbons (Fsp3) is 0.810. The van der Waals surface area contributed by atoms with Crippen LogP contribution < -0.4 is 0 Å². The van der Waals surface area contributed by atoms with E-state index in [9.17, 15) is 34.5 Å². The number of likely N-dealkylation sites (N-methyl/N-ethyl adjacent to an activating group) is 1. The van der Waals surface area contributed by atoms with Gasteiger partial charge in [0.2, 0.25) is 0 Å². The Bertz CT molecular complexity index is 1390. The smallest absolute Gasteiger partial charge is 0.308 e. The predicted molar refractivity (Wildman–Crippen MR) is 210 cm³/mol. The van der Waals surface area contributed by atoms with E-state index >= 15 is 0 Å². The van der Waals surface area contributed by atoms with Gasteiger partial charge in [0.15, 0.2) is 18.7 Å². The Hall–Kier alpha value is -2.80. The highest BCUT2D eigenvalue weighted by Crippen LogP contribution is 2.37. The molecule has 0 aliphatic carbocycles. The number of carbonyl (C=O) groups excluding carboxylic acids is 4. The van der Waals surface area contributed by atoms with Crippen molar-refractivity contribution in [2.75, 3.05) is 21.2 Å². The molecule has 0 bridgehead atoms. The second-order valence-electron chi connectivity index (χ2n) is 17.0. The minimum atomic E-state index is -1.50. The Balaban J connectivity index is 1.95. The molecule has 0 aromatic carbocycles. The van der Waals surface area contributed by atoms with Crippen molar-refractivity contribution in [2.45, 2.75) is 179 Å². The van der Waals surface area contributed by atoms with Crippen LogP contribution >= 0.6 is 0 Å². The summed E-state index contributed by atoms with van der Waals surface area (Å²) in [7, 11) is 4.84. The first-order valence-electron chi connectivity index (χ1n) is 20.4. The topological polar surface area (TPSA) is 206 Å². The van der Waals surface area contributed by atoms with Crippen LogP contribution in [0.15, 0.2) is 24.3 Å². The van der Waals surface area contributed by atoms with E-state index in [1.54, 1.807) is 64.9 Å². The number of nitrogens with zero attached hydrogens (tertiary/aromatic N) is 1. The molecule has 0 spiro atoms. The summed E-state index contributed by atoms with van der Waals surface area (Å²) in [5, 5.41) is 35.0. The summed E-state index contributed by atoms with van der Waals surface area (Å²) >= 11 is 0. The second-order valence-corrected chi connectivity index (χ2v) is 17.0. The maximum atomic E-state index is 13.0. The number of hydrogen-bond donors (Lipinski definition) is 3. The minimum absolute atomic E-state index is 0.0432. The van der Waals surface area contributed by atoms with E-state index < -0.39 is 116 Å². The first-order valence-corrected chi connectivity index (χ1v) is 20.4. The van der Waals surface area contributed by atoms with E-state index in [1.807, 2.05) is 26.8 Å². The summed E-state index contributed by atoms with van der Waals surface area (Å²) in [4.78, 5) is 51.7. The molecule has 2 fully saturated rings. The zero-order valence-corrected chi connectivity index (χ0v) is 36.1. The number of aliphatic hydroxyl groups is 3. The third kappa shape index (κ3) is 14.2. The molecule has 3 N–H and O–H groups in total. The lowest BCUT2D eigenvalue weighted by atomic mass is 9.82. The van der Waals surface area contributed by atoms with Crippen LogP contribution in [-0.4, -0.2) is 151 Å². The molecule has 58 heavy (non-hydrogen) atoms. The lowest BCUT2D eigenvalue weighted by molar-refractivity contribution is -0.344. The van der Waals surface area contributed by atoms with E-state index in [1.165, 1.54) is 14.0 Å². The molecule has 3 heterocycles. The molecule has 332 valence electrons. The summed E-state index contributed by atoms with van der Waals surface area (Å²) in [5.74, 6) is -2.59. The Morgan fingerprint density at radius 3 is 2.29 bits per heavy atom. The molecule has 16 heteroatoms. The molecule has 0 aromatic rings. The van der Waals surface area contributed by atoms with E-state index in [0.717, 1.165) is 0 Å². The summed E-state index contributed by atoms with van der Waals surface area (Å²) < 4.78 is 48.2. The number of carbonyl (C=O) groups is 4. The average Bonchev–Trinajstić information content (AvgIpc) is 3.09. The number of esters is 3. The molecule has 2 saturated heterocycles. The van der Waals surface area contributed by atoms with E-state index in [-0.39, 0.29) is 37.5 Å². The maximum absolute atomic E-state index is 13.0. The molecule has 0 aromatic heterocycles. The largest absolute Gasteiger partial charge is 0.462 e. The van der Waals surface area contributed by atoms with Gasteiger partial charge in [-0.15, -0.1) is 0 Å². The number of allylic oxidation sites excluding steroid dienone is 2. The van der Waals surface area contributed by atoms with Crippen LogP contribution in [0.1, 0.15) is 93.9 Å². The maximum Gasteiger partial charge on any atom is 0.308 e. The molecule has 16 atom stereocenters. The van der Waals surface area contributed by atoms with Gasteiger partial charge in [-0.2, -0.15) is 0 Å². The van der Waals surface area contributed by atoms with Gasteiger partial charge >= 0.3 is 17.9 Å². The van der Waals surface area contributed by atoms with Crippen molar-refractivity contribution in [2.24, 2.45) is 17.8 Å². The molecule has 0 radical (unpaired) electrons. The van der Waals surface area contributed by atoms with Gasteiger partial charge in [-0.1, -0.05) is 39.0 Å². The van der Waals surface area contributed by atoms with E-state index in [0.29, 0.717) is 12.7 Å². The normalized spacial score (nSPS) is 40.7. The minimum Gasteiger partial charge on any atom is -0.462 e. The van der Waals surface area contributed by atoms with Crippen LogP contribution in [0, 0.1) is 17.8 Å². The first kappa shape index (κ1) is 49.6. The molecule has 16 nitrogen and oxygen atoms in total. The van der Waals surface area contributed by atoms with Crippen LogP contribution in [-0.2, 0) is 57.1 Å². The quantitative estimate of drug-likeness (QED) is 0.147. The van der Waals surface area contributed by atoms with Crippen LogP contribution in [0.2, 0.25) is 0 Å². The van der Waals surface area contributed by atoms with Gasteiger partial charge in [-0.25, -0.2) is 0 Å². The highest BCUT2D eigenvalue weighted by Gasteiger charge is 2.52. The van der Waals surface area contributed by atoms with Gasteiger partial charge in [0.1, 0.15) is 42.4 Å². The van der Waals surface area contributed by atoms with Crippen molar-refractivity contribution in [3.63, 3.8) is 0 Å².